The third kappa shape index (κ3) is 5.17. The van der Waals surface area contributed by atoms with Crippen LogP contribution in [-0.2, 0) is 10.3 Å². The Morgan fingerprint density at radius 3 is 2.20 bits per heavy atom. The minimum absolute atomic E-state index is 0.171. The molecule has 0 radical (unpaired) electrons. The summed E-state index contributed by atoms with van der Waals surface area (Å²) in [5.74, 6) is 0. The largest absolute Gasteiger partial charge is 0.618 e. The van der Waals surface area contributed by atoms with E-state index in [0.717, 1.165) is 27.0 Å². The molecule has 1 fully saturated rings. The van der Waals surface area contributed by atoms with Crippen molar-refractivity contribution in [2.24, 2.45) is 0 Å². The number of nitrogens with zero attached hydrogens (tertiary/aromatic N) is 2. The maximum absolute atomic E-state index is 13.3. The topological polar surface area (TPSA) is 76.7 Å². The van der Waals surface area contributed by atoms with Crippen molar-refractivity contribution in [1.82, 2.24) is 4.90 Å². The fraction of sp³-hybridized carbons (Fsp3) is 0.379. The van der Waals surface area contributed by atoms with Crippen LogP contribution in [0.3, 0.4) is 0 Å². The third-order valence-corrected chi connectivity index (χ3v) is 6.86. The smallest absolute Gasteiger partial charge is 0.411 e. The van der Waals surface area contributed by atoms with Gasteiger partial charge in [0.05, 0.1) is 11.6 Å². The van der Waals surface area contributed by atoms with Crippen LogP contribution in [0.5, 0.6) is 0 Å². The molecule has 1 aliphatic rings. The molecule has 1 aliphatic heterocycles. The van der Waals surface area contributed by atoms with Gasteiger partial charge in [-0.15, -0.1) is 0 Å². The third-order valence-electron chi connectivity index (χ3n) is 6.86. The van der Waals surface area contributed by atoms with Crippen LogP contribution in [0.15, 0.2) is 66.7 Å². The summed E-state index contributed by atoms with van der Waals surface area (Å²) in [4.78, 5) is 15.0. The highest BCUT2D eigenvalue weighted by Gasteiger charge is 2.46. The molecular weight excluding hydrogens is 440 g/mol. The minimum atomic E-state index is -0.987. The summed E-state index contributed by atoms with van der Waals surface area (Å²) in [6, 6.07) is 21.4. The zero-order chi connectivity index (χ0) is 25.4. The number of ether oxygens (including phenoxy) is 1. The average Bonchev–Trinajstić information content (AvgIpc) is 2.81. The van der Waals surface area contributed by atoms with Crippen LogP contribution in [0, 0.1) is 19.1 Å². The normalized spacial score (nSPS) is 19.4. The van der Waals surface area contributed by atoms with E-state index in [1.807, 2.05) is 73.7 Å². The number of amides is 1. The first kappa shape index (κ1) is 24.7. The Balaban J connectivity index is 1.54. The van der Waals surface area contributed by atoms with E-state index in [9.17, 15) is 15.1 Å². The van der Waals surface area contributed by atoms with Gasteiger partial charge in [-0.3, -0.25) is 0 Å². The SMILES string of the molecule is Cc1cc(-c2ccc([C@H](C)N3CC[C@](CC(C)(C)O)(c4ccccc4)OC3=O)cc2)cc(C)[n+]1[O-]. The summed E-state index contributed by atoms with van der Waals surface area (Å²) < 4.78 is 7.04. The monoisotopic (exact) mass is 474 g/mol. The van der Waals surface area contributed by atoms with Gasteiger partial charge in [0.15, 0.2) is 11.4 Å². The number of carbonyl (C=O) groups excluding carboxylic acids is 1. The Bertz CT molecular complexity index is 1180. The van der Waals surface area contributed by atoms with Gasteiger partial charge in [-0.25, -0.2) is 4.79 Å². The van der Waals surface area contributed by atoms with Gasteiger partial charge in [-0.1, -0.05) is 54.6 Å². The van der Waals surface area contributed by atoms with Crippen LogP contribution >= 0.6 is 0 Å². The summed E-state index contributed by atoms with van der Waals surface area (Å²) in [6.45, 7) is 9.61. The van der Waals surface area contributed by atoms with E-state index in [1.54, 1.807) is 32.6 Å². The summed E-state index contributed by atoms with van der Waals surface area (Å²) in [7, 11) is 0. The fourth-order valence-electron chi connectivity index (χ4n) is 5.08. The Kier molecular flexibility index (Phi) is 6.60. The van der Waals surface area contributed by atoms with Gasteiger partial charge in [0.25, 0.3) is 0 Å². The van der Waals surface area contributed by atoms with Crippen molar-refractivity contribution in [3.63, 3.8) is 0 Å². The molecule has 3 aromatic rings. The van der Waals surface area contributed by atoms with Crippen molar-refractivity contribution < 1.29 is 19.4 Å². The molecule has 0 bridgehead atoms. The molecule has 0 spiro atoms. The maximum atomic E-state index is 13.3. The predicted octanol–water partition coefficient (Wildman–Crippen LogP) is 5.56. The fourth-order valence-corrected chi connectivity index (χ4v) is 5.08. The maximum Gasteiger partial charge on any atom is 0.411 e. The lowest BCUT2D eigenvalue weighted by Gasteiger charge is -2.45. The molecule has 184 valence electrons. The second-order valence-corrected chi connectivity index (χ2v) is 10.3. The Labute approximate surface area is 207 Å². The molecule has 0 saturated carbocycles. The van der Waals surface area contributed by atoms with Crippen LogP contribution in [0.1, 0.15) is 62.2 Å². The van der Waals surface area contributed by atoms with E-state index in [0.29, 0.717) is 30.8 Å². The molecule has 1 saturated heterocycles. The number of cyclic esters (lactones) is 1. The average molecular weight is 475 g/mol. The van der Waals surface area contributed by atoms with Crippen LogP contribution in [-0.4, -0.2) is 28.2 Å². The van der Waals surface area contributed by atoms with Crippen LogP contribution in [0.25, 0.3) is 11.1 Å². The van der Waals surface area contributed by atoms with E-state index in [1.165, 1.54) is 0 Å². The lowest BCUT2D eigenvalue weighted by Crippen LogP contribution is -2.51. The summed E-state index contributed by atoms with van der Waals surface area (Å²) in [5, 5.41) is 22.5. The van der Waals surface area contributed by atoms with Crippen molar-refractivity contribution >= 4 is 6.09 Å². The quantitative estimate of drug-likeness (QED) is 0.375. The molecule has 2 atom stereocenters. The number of aromatic nitrogens is 1. The lowest BCUT2D eigenvalue weighted by atomic mass is 9.80. The van der Waals surface area contributed by atoms with Gasteiger partial charge in [-0.05, 0) is 43.0 Å². The van der Waals surface area contributed by atoms with Crippen molar-refractivity contribution in [3.8, 4) is 11.1 Å². The standard InChI is InChI=1S/C29H34N2O4/c1-20-17-25(18-21(2)31(20)34)24-13-11-23(12-14-24)22(3)30-16-15-29(35-27(30)32,19-28(4,5)33)26-9-7-6-8-10-26/h6-14,17-18,22,33H,15-16,19H2,1-5H3/t22-,29-/m0/s1. The molecule has 1 N–H and O–H groups in total. The van der Waals surface area contributed by atoms with Crippen LogP contribution in [0.4, 0.5) is 4.79 Å². The van der Waals surface area contributed by atoms with E-state index in [4.69, 9.17) is 4.74 Å². The molecule has 4 rings (SSSR count). The van der Waals surface area contributed by atoms with Crippen molar-refractivity contribution in [2.45, 2.75) is 64.7 Å². The zero-order valence-electron chi connectivity index (χ0n) is 21.1. The zero-order valence-corrected chi connectivity index (χ0v) is 21.1. The number of rotatable bonds is 6. The van der Waals surface area contributed by atoms with E-state index in [-0.39, 0.29) is 12.1 Å². The molecular formula is C29H34N2O4. The minimum Gasteiger partial charge on any atom is -0.618 e. The summed E-state index contributed by atoms with van der Waals surface area (Å²) in [5.41, 5.74) is 3.37. The van der Waals surface area contributed by atoms with Gasteiger partial charge < -0.3 is 20.0 Å². The van der Waals surface area contributed by atoms with Crippen molar-refractivity contribution in [2.75, 3.05) is 6.54 Å². The first-order valence-corrected chi connectivity index (χ1v) is 12.1. The molecule has 0 unspecified atom stereocenters. The molecule has 2 aromatic carbocycles. The molecule has 1 aromatic heterocycles. The Morgan fingerprint density at radius 2 is 1.66 bits per heavy atom. The van der Waals surface area contributed by atoms with Gasteiger partial charge >= 0.3 is 6.09 Å². The first-order chi connectivity index (χ1) is 16.5. The van der Waals surface area contributed by atoms with Gasteiger partial charge in [-0.2, -0.15) is 4.73 Å². The van der Waals surface area contributed by atoms with Crippen molar-refractivity contribution in [3.05, 3.63) is 94.5 Å². The molecule has 0 aliphatic carbocycles. The molecule has 1 amide bonds. The highest BCUT2D eigenvalue weighted by atomic mass is 16.6. The number of hydrogen-bond donors (Lipinski definition) is 1. The molecule has 2 heterocycles. The lowest BCUT2D eigenvalue weighted by molar-refractivity contribution is -0.619. The van der Waals surface area contributed by atoms with E-state index in [2.05, 4.69) is 0 Å². The number of hydrogen-bond acceptors (Lipinski definition) is 4. The summed E-state index contributed by atoms with van der Waals surface area (Å²) >= 11 is 0. The first-order valence-electron chi connectivity index (χ1n) is 12.1. The number of aliphatic hydroxyl groups is 1. The van der Waals surface area contributed by atoms with Crippen LogP contribution in [0.2, 0.25) is 0 Å². The summed E-state index contributed by atoms with van der Waals surface area (Å²) in [6.07, 6.45) is 0.536. The Morgan fingerprint density at radius 1 is 1.06 bits per heavy atom. The van der Waals surface area contributed by atoms with E-state index >= 15 is 0 Å². The molecule has 6 heteroatoms. The molecule has 6 nitrogen and oxygen atoms in total. The number of aryl methyl sites for hydroxylation is 2. The number of carbonyl (C=O) groups is 1. The van der Waals surface area contributed by atoms with Crippen molar-refractivity contribution in [1.29, 1.82) is 0 Å². The van der Waals surface area contributed by atoms with Crippen LogP contribution < -0.4 is 4.73 Å². The molecule has 35 heavy (non-hydrogen) atoms. The highest BCUT2D eigenvalue weighted by Crippen LogP contribution is 2.42. The highest BCUT2D eigenvalue weighted by molar-refractivity contribution is 5.70. The van der Waals surface area contributed by atoms with Gasteiger partial charge in [0.2, 0.25) is 0 Å². The second kappa shape index (κ2) is 9.34. The number of benzene rings is 2. The van der Waals surface area contributed by atoms with Gasteiger partial charge in [0.1, 0.15) is 5.60 Å². The second-order valence-electron chi connectivity index (χ2n) is 10.3. The predicted molar refractivity (Wildman–Crippen MR) is 136 cm³/mol. The Hall–Kier alpha value is -3.38. The van der Waals surface area contributed by atoms with Gasteiger partial charge in [0, 0.05) is 45.4 Å². The number of pyridine rings is 1. The van der Waals surface area contributed by atoms with E-state index < -0.39 is 11.2 Å².